The van der Waals surface area contributed by atoms with Crippen LogP contribution in [0.4, 0.5) is 5.69 Å². The van der Waals surface area contributed by atoms with Crippen LogP contribution in [0.5, 0.6) is 5.75 Å². The molecule has 0 aliphatic heterocycles. The van der Waals surface area contributed by atoms with Gasteiger partial charge in [0, 0.05) is 23.0 Å². The van der Waals surface area contributed by atoms with Crippen molar-refractivity contribution in [2.24, 2.45) is 0 Å². The molecule has 0 atom stereocenters. The normalized spacial score (nSPS) is 10.9. The highest BCUT2D eigenvalue weighted by Crippen LogP contribution is 2.31. The molecule has 30 heavy (non-hydrogen) atoms. The number of hydrogen-bond acceptors (Lipinski definition) is 5. The first-order chi connectivity index (χ1) is 14.6. The lowest BCUT2D eigenvalue weighted by Crippen LogP contribution is -2.12. The number of thiazole rings is 1. The molecular weight excluding hydrogens is 394 g/mol. The Hall–Kier alpha value is -3.25. The largest absolute Gasteiger partial charge is 0.494 e. The third-order valence-electron chi connectivity index (χ3n) is 4.78. The molecule has 0 unspecified atom stereocenters. The van der Waals surface area contributed by atoms with E-state index in [4.69, 9.17) is 4.74 Å². The van der Waals surface area contributed by atoms with Gasteiger partial charge in [0.1, 0.15) is 21.1 Å². The van der Waals surface area contributed by atoms with E-state index < -0.39 is 0 Å². The molecule has 5 nitrogen and oxygen atoms in total. The molecule has 1 amide bonds. The van der Waals surface area contributed by atoms with Crippen LogP contribution in [-0.2, 0) is 0 Å². The van der Waals surface area contributed by atoms with Gasteiger partial charge in [0.25, 0.3) is 5.91 Å². The van der Waals surface area contributed by atoms with Crippen molar-refractivity contribution in [2.45, 2.75) is 26.7 Å². The minimum Gasteiger partial charge on any atom is -0.494 e. The molecule has 0 spiro atoms. The molecule has 1 N–H and O–H groups in total. The van der Waals surface area contributed by atoms with Crippen molar-refractivity contribution in [3.63, 3.8) is 0 Å². The number of aromatic nitrogens is 2. The van der Waals surface area contributed by atoms with Crippen molar-refractivity contribution in [1.29, 1.82) is 0 Å². The molecule has 0 fully saturated rings. The summed E-state index contributed by atoms with van der Waals surface area (Å²) in [5, 5.41) is 3.91. The fraction of sp³-hybridized carbons (Fsp3) is 0.208. The van der Waals surface area contributed by atoms with Gasteiger partial charge in [0.05, 0.1) is 6.61 Å². The van der Waals surface area contributed by atoms with E-state index in [0.29, 0.717) is 12.2 Å². The van der Waals surface area contributed by atoms with Gasteiger partial charge in [-0.3, -0.25) is 4.79 Å². The van der Waals surface area contributed by atoms with E-state index in [-0.39, 0.29) is 5.91 Å². The number of benzene rings is 2. The number of ether oxygens (including phenoxy) is 1. The van der Waals surface area contributed by atoms with Gasteiger partial charge in [0.2, 0.25) is 0 Å². The van der Waals surface area contributed by atoms with Gasteiger partial charge in [-0.25, -0.2) is 9.97 Å². The van der Waals surface area contributed by atoms with E-state index in [1.54, 1.807) is 29.7 Å². The van der Waals surface area contributed by atoms with Crippen LogP contribution in [0.25, 0.3) is 20.9 Å². The number of hydrogen-bond donors (Lipinski definition) is 1. The Kier molecular flexibility index (Phi) is 6.05. The Morgan fingerprint density at radius 1 is 1.13 bits per heavy atom. The second-order valence-electron chi connectivity index (χ2n) is 7.06. The third kappa shape index (κ3) is 4.49. The molecule has 152 valence electrons. The van der Waals surface area contributed by atoms with Gasteiger partial charge < -0.3 is 10.1 Å². The number of amides is 1. The van der Waals surface area contributed by atoms with Crippen LogP contribution in [0.3, 0.4) is 0 Å². The Labute approximate surface area is 179 Å². The topological polar surface area (TPSA) is 64.1 Å². The highest BCUT2D eigenvalue weighted by atomic mass is 32.1. The van der Waals surface area contributed by atoms with Crippen molar-refractivity contribution >= 4 is 33.3 Å². The lowest BCUT2D eigenvalue weighted by atomic mass is 10.1. The zero-order valence-electron chi connectivity index (χ0n) is 17.0. The number of carbonyl (C=O) groups excluding carboxylic acids is 1. The van der Waals surface area contributed by atoms with Crippen LogP contribution in [0.2, 0.25) is 0 Å². The summed E-state index contributed by atoms with van der Waals surface area (Å²) in [5.74, 6) is 0.629. The SMILES string of the molecule is CCCCOc1ccc(C(=O)Nc2cc(-c3nc4cccnc4s3)ccc2C)cc1. The molecule has 0 saturated heterocycles. The van der Waals surface area contributed by atoms with E-state index in [0.717, 1.165) is 50.8 Å². The smallest absolute Gasteiger partial charge is 0.255 e. The highest BCUT2D eigenvalue weighted by molar-refractivity contribution is 7.21. The van der Waals surface area contributed by atoms with Crippen molar-refractivity contribution < 1.29 is 9.53 Å². The summed E-state index contributed by atoms with van der Waals surface area (Å²) < 4.78 is 5.67. The average molecular weight is 418 g/mol. The number of aryl methyl sites for hydroxylation is 1. The van der Waals surface area contributed by atoms with E-state index in [9.17, 15) is 4.79 Å². The second kappa shape index (κ2) is 9.05. The Bertz CT molecular complexity index is 1140. The van der Waals surface area contributed by atoms with Crippen LogP contribution in [-0.4, -0.2) is 22.5 Å². The van der Waals surface area contributed by atoms with Crippen molar-refractivity contribution in [1.82, 2.24) is 9.97 Å². The summed E-state index contributed by atoms with van der Waals surface area (Å²) in [4.78, 5) is 22.7. The fourth-order valence-corrected chi connectivity index (χ4v) is 3.92. The summed E-state index contributed by atoms with van der Waals surface area (Å²) in [6.07, 6.45) is 3.88. The molecule has 0 aliphatic carbocycles. The van der Waals surface area contributed by atoms with E-state index in [2.05, 4.69) is 22.2 Å². The number of carbonyl (C=O) groups is 1. The van der Waals surface area contributed by atoms with E-state index in [1.165, 1.54) is 0 Å². The van der Waals surface area contributed by atoms with Crippen LogP contribution < -0.4 is 10.1 Å². The number of nitrogens with one attached hydrogen (secondary N) is 1. The van der Waals surface area contributed by atoms with Gasteiger partial charge in [-0.15, -0.1) is 0 Å². The number of nitrogens with zero attached hydrogens (tertiary/aromatic N) is 2. The molecule has 2 aromatic heterocycles. The maximum Gasteiger partial charge on any atom is 0.255 e. The van der Waals surface area contributed by atoms with Crippen LogP contribution >= 0.6 is 11.3 Å². The molecule has 4 rings (SSSR count). The average Bonchev–Trinajstić information content (AvgIpc) is 3.20. The zero-order valence-corrected chi connectivity index (χ0v) is 17.8. The second-order valence-corrected chi connectivity index (χ2v) is 8.03. The molecule has 2 aromatic carbocycles. The number of unbranched alkanes of at least 4 members (excludes halogenated alkanes) is 1. The summed E-state index contributed by atoms with van der Waals surface area (Å²) in [7, 11) is 0. The molecular formula is C24H23N3O2S. The van der Waals surface area contributed by atoms with Gasteiger partial charge in [-0.1, -0.05) is 36.8 Å². The minimum atomic E-state index is -0.152. The number of pyridine rings is 1. The molecule has 0 saturated carbocycles. The summed E-state index contributed by atoms with van der Waals surface area (Å²) >= 11 is 1.54. The van der Waals surface area contributed by atoms with Gasteiger partial charge in [-0.05, 0) is 61.4 Å². The molecule has 0 aliphatic rings. The number of anilines is 1. The first-order valence-corrected chi connectivity index (χ1v) is 10.8. The fourth-order valence-electron chi connectivity index (χ4n) is 3.01. The Balaban J connectivity index is 1.51. The van der Waals surface area contributed by atoms with Crippen molar-refractivity contribution in [3.8, 4) is 16.3 Å². The lowest BCUT2D eigenvalue weighted by molar-refractivity contribution is 0.102. The van der Waals surface area contributed by atoms with Gasteiger partial charge >= 0.3 is 0 Å². The summed E-state index contributed by atoms with van der Waals surface area (Å²) in [6, 6.07) is 17.1. The monoisotopic (exact) mass is 417 g/mol. The maximum atomic E-state index is 12.8. The molecule has 0 bridgehead atoms. The maximum absolute atomic E-state index is 12.8. The molecule has 2 heterocycles. The zero-order chi connectivity index (χ0) is 20.9. The number of rotatable bonds is 7. The van der Waals surface area contributed by atoms with Crippen LogP contribution in [0, 0.1) is 6.92 Å². The first-order valence-electron chi connectivity index (χ1n) is 10.0. The molecule has 4 aromatic rings. The summed E-state index contributed by atoms with van der Waals surface area (Å²) in [6.45, 7) is 4.79. The summed E-state index contributed by atoms with van der Waals surface area (Å²) in [5.41, 5.74) is 4.19. The standard InChI is InChI=1S/C24H23N3O2S/c1-3-4-14-29-19-11-9-17(10-12-19)22(28)26-21-15-18(8-7-16(21)2)23-27-20-6-5-13-25-24(20)30-23/h5-13,15H,3-4,14H2,1-2H3,(H,26,28). The highest BCUT2D eigenvalue weighted by Gasteiger charge is 2.12. The minimum absolute atomic E-state index is 0.152. The first kappa shape index (κ1) is 20.0. The number of fused-ring (bicyclic) bond motifs is 1. The lowest BCUT2D eigenvalue weighted by Gasteiger charge is -2.11. The predicted molar refractivity (Wildman–Crippen MR) is 122 cm³/mol. The predicted octanol–water partition coefficient (Wildman–Crippen LogP) is 6.10. The van der Waals surface area contributed by atoms with Crippen molar-refractivity contribution in [3.05, 3.63) is 71.9 Å². The van der Waals surface area contributed by atoms with E-state index in [1.807, 2.05) is 49.4 Å². The molecule has 6 heteroatoms. The van der Waals surface area contributed by atoms with Crippen LogP contribution in [0.1, 0.15) is 35.7 Å². The van der Waals surface area contributed by atoms with Crippen LogP contribution in [0.15, 0.2) is 60.8 Å². The Morgan fingerprint density at radius 2 is 1.97 bits per heavy atom. The quantitative estimate of drug-likeness (QED) is 0.369. The van der Waals surface area contributed by atoms with Gasteiger partial charge in [0.15, 0.2) is 0 Å². The van der Waals surface area contributed by atoms with Crippen molar-refractivity contribution in [2.75, 3.05) is 11.9 Å². The Morgan fingerprint density at radius 3 is 2.73 bits per heavy atom. The van der Waals surface area contributed by atoms with E-state index >= 15 is 0 Å². The van der Waals surface area contributed by atoms with Gasteiger partial charge in [-0.2, -0.15) is 0 Å². The molecule has 0 radical (unpaired) electrons. The third-order valence-corrected chi connectivity index (χ3v) is 5.81.